The lowest BCUT2D eigenvalue weighted by molar-refractivity contribution is 0.102. The first kappa shape index (κ1) is 12.3. The fourth-order valence-electron chi connectivity index (χ4n) is 2.18. The number of aromatic nitrogens is 5. The number of anilines is 1. The summed E-state index contributed by atoms with van der Waals surface area (Å²) < 4.78 is 3.34. The first-order chi connectivity index (χ1) is 9.56. The predicted octanol–water partition coefficient (Wildman–Crippen LogP) is 1.33. The predicted molar refractivity (Wildman–Crippen MR) is 73.6 cm³/mol. The van der Waals surface area contributed by atoms with Gasteiger partial charge in [0.15, 0.2) is 0 Å². The second-order valence-electron chi connectivity index (χ2n) is 4.59. The lowest BCUT2D eigenvalue weighted by atomic mass is 10.3. The van der Waals surface area contributed by atoms with E-state index >= 15 is 0 Å². The number of amides is 1. The molecule has 0 aromatic carbocycles. The van der Waals surface area contributed by atoms with Gasteiger partial charge in [-0.1, -0.05) is 0 Å². The Bertz CT molecular complexity index is 800. The molecule has 3 aromatic rings. The van der Waals surface area contributed by atoms with Crippen molar-refractivity contribution in [3.05, 3.63) is 41.7 Å². The van der Waals surface area contributed by atoms with E-state index in [2.05, 4.69) is 20.4 Å². The Balaban J connectivity index is 2.01. The zero-order chi connectivity index (χ0) is 14.3. The van der Waals surface area contributed by atoms with Gasteiger partial charge in [0, 0.05) is 25.6 Å². The van der Waals surface area contributed by atoms with Crippen LogP contribution in [0, 0.1) is 13.8 Å². The van der Waals surface area contributed by atoms with Gasteiger partial charge in [-0.15, -0.1) is 0 Å². The number of hydrogen-bond donors (Lipinski definition) is 1. The summed E-state index contributed by atoms with van der Waals surface area (Å²) in [5, 5.41) is 7.05. The zero-order valence-electron chi connectivity index (χ0n) is 11.5. The summed E-state index contributed by atoms with van der Waals surface area (Å²) in [7, 11) is 1.81. The molecular weight excluding hydrogens is 256 g/mol. The number of carbonyl (C=O) groups excluding carboxylic acids is 1. The molecule has 3 rings (SSSR count). The van der Waals surface area contributed by atoms with E-state index in [-0.39, 0.29) is 5.91 Å². The van der Waals surface area contributed by atoms with Crippen molar-refractivity contribution in [2.45, 2.75) is 13.8 Å². The highest BCUT2D eigenvalue weighted by Gasteiger charge is 2.18. The first-order valence-corrected chi connectivity index (χ1v) is 6.17. The number of imidazole rings is 1. The van der Waals surface area contributed by atoms with Crippen LogP contribution in [0.3, 0.4) is 0 Å². The van der Waals surface area contributed by atoms with Crippen LogP contribution in [0.25, 0.3) is 5.78 Å². The van der Waals surface area contributed by atoms with Crippen LogP contribution in [0.5, 0.6) is 0 Å². The number of fused-ring (bicyclic) bond motifs is 1. The summed E-state index contributed by atoms with van der Waals surface area (Å²) in [5.41, 5.74) is 2.58. The second-order valence-corrected chi connectivity index (χ2v) is 4.59. The number of hydrogen-bond acceptors (Lipinski definition) is 4. The largest absolute Gasteiger partial charge is 0.318 e. The van der Waals surface area contributed by atoms with Crippen molar-refractivity contribution in [3.8, 4) is 0 Å². The Kier molecular flexibility index (Phi) is 2.74. The standard InChI is InChI=1S/C13H14N6O/c1-8-10(7-18(3)17-8)16-12(20)11-9(2)15-13-14-5-4-6-19(11)13/h4-7H,1-3H3,(H,16,20). The molecule has 0 aliphatic carbocycles. The summed E-state index contributed by atoms with van der Waals surface area (Å²) >= 11 is 0. The van der Waals surface area contributed by atoms with Gasteiger partial charge in [0.2, 0.25) is 5.78 Å². The molecule has 1 amide bonds. The molecule has 0 bridgehead atoms. The highest BCUT2D eigenvalue weighted by atomic mass is 16.2. The molecule has 0 saturated carbocycles. The van der Waals surface area contributed by atoms with Crippen LogP contribution in [-0.2, 0) is 7.05 Å². The smallest absolute Gasteiger partial charge is 0.274 e. The average Bonchev–Trinajstić information content (AvgIpc) is 2.88. The highest BCUT2D eigenvalue weighted by molar-refractivity contribution is 6.04. The van der Waals surface area contributed by atoms with Crippen molar-refractivity contribution in [1.82, 2.24) is 24.1 Å². The topological polar surface area (TPSA) is 77.1 Å². The zero-order valence-corrected chi connectivity index (χ0v) is 11.5. The lowest BCUT2D eigenvalue weighted by Crippen LogP contribution is -2.15. The van der Waals surface area contributed by atoms with Gasteiger partial charge in [-0.05, 0) is 19.9 Å². The summed E-state index contributed by atoms with van der Waals surface area (Å²) in [4.78, 5) is 20.8. The summed E-state index contributed by atoms with van der Waals surface area (Å²) in [6, 6.07) is 1.76. The molecule has 0 saturated heterocycles. The third kappa shape index (κ3) is 1.93. The molecule has 1 N–H and O–H groups in total. The maximum absolute atomic E-state index is 12.4. The maximum atomic E-state index is 12.4. The average molecular weight is 270 g/mol. The quantitative estimate of drug-likeness (QED) is 0.762. The molecule has 7 nitrogen and oxygen atoms in total. The number of nitrogens with zero attached hydrogens (tertiary/aromatic N) is 5. The molecule has 20 heavy (non-hydrogen) atoms. The van der Waals surface area contributed by atoms with Gasteiger partial charge in [0.1, 0.15) is 5.69 Å². The molecule has 0 radical (unpaired) electrons. The van der Waals surface area contributed by atoms with Crippen LogP contribution in [0.2, 0.25) is 0 Å². The van der Waals surface area contributed by atoms with E-state index in [1.807, 2.05) is 14.0 Å². The van der Waals surface area contributed by atoms with E-state index in [4.69, 9.17) is 0 Å². The van der Waals surface area contributed by atoms with E-state index < -0.39 is 0 Å². The molecule has 7 heteroatoms. The van der Waals surface area contributed by atoms with Gasteiger partial charge in [-0.2, -0.15) is 5.10 Å². The minimum atomic E-state index is -0.223. The van der Waals surface area contributed by atoms with Gasteiger partial charge in [-0.25, -0.2) is 9.97 Å². The van der Waals surface area contributed by atoms with Crippen molar-refractivity contribution < 1.29 is 4.79 Å². The minimum absolute atomic E-state index is 0.223. The van der Waals surface area contributed by atoms with Crippen molar-refractivity contribution in [2.24, 2.45) is 7.05 Å². The maximum Gasteiger partial charge on any atom is 0.274 e. The van der Waals surface area contributed by atoms with Crippen LogP contribution in [0.15, 0.2) is 24.7 Å². The third-order valence-electron chi connectivity index (χ3n) is 3.05. The second kappa shape index (κ2) is 4.44. The molecule has 0 fully saturated rings. The molecule has 0 unspecified atom stereocenters. The fraction of sp³-hybridized carbons (Fsp3) is 0.231. The van der Waals surface area contributed by atoms with Crippen molar-refractivity contribution >= 4 is 17.4 Å². The summed E-state index contributed by atoms with van der Waals surface area (Å²) in [6.07, 6.45) is 5.19. The van der Waals surface area contributed by atoms with Gasteiger partial charge in [0.05, 0.1) is 17.1 Å². The summed E-state index contributed by atoms with van der Waals surface area (Å²) in [5.74, 6) is 0.289. The molecule has 0 aliphatic rings. The third-order valence-corrected chi connectivity index (χ3v) is 3.05. The van der Waals surface area contributed by atoms with Crippen LogP contribution < -0.4 is 5.32 Å². The minimum Gasteiger partial charge on any atom is -0.318 e. The van der Waals surface area contributed by atoms with Crippen LogP contribution in [-0.4, -0.2) is 30.1 Å². The van der Waals surface area contributed by atoms with E-state index in [9.17, 15) is 4.79 Å². The SMILES string of the molecule is Cc1nn(C)cc1NC(=O)c1c(C)nc2ncccn12. The Morgan fingerprint density at radius 3 is 2.80 bits per heavy atom. The van der Waals surface area contributed by atoms with Crippen molar-refractivity contribution in [1.29, 1.82) is 0 Å². The van der Waals surface area contributed by atoms with Crippen LogP contribution in [0.1, 0.15) is 21.9 Å². The molecule has 3 heterocycles. The molecular formula is C13H14N6O. The van der Waals surface area contributed by atoms with Gasteiger partial charge >= 0.3 is 0 Å². The van der Waals surface area contributed by atoms with E-state index in [0.29, 0.717) is 22.9 Å². The summed E-state index contributed by atoms with van der Waals surface area (Å²) in [6.45, 7) is 3.64. The molecule has 3 aromatic heterocycles. The number of rotatable bonds is 2. The van der Waals surface area contributed by atoms with Crippen molar-refractivity contribution in [3.63, 3.8) is 0 Å². The van der Waals surface area contributed by atoms with E-state index in [1.165, 1.54) is 0 Å². The number of nitrogens with one attached hydrogen (secondary N) is 1. The monoisotopic (exact) mass is 270 g/mol. The normalized spacial score (nSPS) is 10.9. The molecule has 0 atom stereocenters. The lowest BCUT2D eigenvalue weighted by Gasteiger charge is -2.04. The Labute approximate surface area is 115 Å². The molecule has 0 spiro atoms. The molecule has 0 aliphatic heterocycles. The van der Waals surface area contributed by atoms with E-state index in [1.54, 1.807) is 40.7 Å². The number of aryl methyl sites for hydroxylation is 3. The van der Waals surface area contributed by atoms with Crippen LogP contribution in [0.4, 0.5) is 5.69 Å². The van der Waals surface area contributed by atoms with E-state index in [0.717, 1.165) is 5.69 Å². The van der Waals surface area contributed by atoms with Crippen LogP contribution >= 0.6 is 0 Å². The van der Waals surface area contributed by atoms with Gasteiger partial charge in [0.25, 0.3) is 5.91 Å². The number of carbonyl (C=O) groups is 1. The highest BCUT2D eigenvalue weighted by Crippen LogP contribution is 2.15. The Hall–Kier alpha value is -2.70. The van der Waals surface area contributed by atoms with Gasteiger partial charge < -0.3 is 5.32 Å². The Morgan fingerprint density at radius 2 is 2.10 bits per heavy atom. The fourth-order valence-corrected chi connectivity index (χ4v) is 2.18. The van der Waals surface area contributed by atoms with Crippen molar-refractivity contribution in [2.75, 3.05) is 5.32 Å². The van der Waals surface area contributed by atoms with Gasteiger partial charge in [-0.3, -0.25) is 13.9 Å². The Morgan fingerprint density at radius 1 is 1.30 bits per heavy atom. The first-order valence-electron chi connectivity index (χ1n) is 6.17. The molecule has 102 valence electrons.